The summed E-state index contributed by atoms with van der Waals surface area (Å²) in [7, 11) is 1.50. The fourth-order valence-electron chi connectivity index (χ4n) is 1.51. The van der Waals surface area contributed by atoms with E-state index in [0.717, 1.165) is 5.56 Å². The molecule has 0 aliphatic rings. The Kier molecular flexibility index (Phi) is 3.73. The number of ether oxygens (including phenoxy) is 1. The lowest BCUT2D eigenvalue weighted by atomic mass is 10.0. The predicted octanol–water partition coefficient (Wildman–Crippen LogP) is 1.18. The second-order valence-corrected chi connectivity index (χ2v) is 3.59. The van der Waals surface area contributed by atoms with Crippen LogP contribution in [0.25, 0.3) is 0 Å². The predicted molar refractivity (Wildman–Crippen MR) is 58.6 cm³/mol. The molecule has 0 aliphatic heterocycles. The van der Waals surface area contributed by atoms with Crippen LogP contribution in [0, 0.1) is 6.92 Å². The fraction of sp³-hybridized carbons (Fsp3) is 0.364. The van der Waals surface area contributed by atoms with Crippen molar-refractivity contribution in [2.45, 2.75) is 19.4 Å². The summed E-state index contributed by atoms with van der Waals surface area (Å²) in [6.45, 7) is 1.80. The molecule has 0 fully saturated rings. The largest absolute Gasteiger partial charge is 0.507 e. The minimum Gasteiger partial charge on any atom is -0.507 e. The van der Waals surface area contributed by atoms with Gasteiger partial charge in [-0.25, -0.2) is 0 Å². The highest BCUT2D eigenvalue weighted by atomic mass is 16.5. The summed E-state index contributed by atoms with van der Waals surface area (Å²) in [6, 6.07) is 2.36. The van der Waals surface area contributed by atoms with Crippen molar-refractivity contribution in [1.29, 1.82) is 0 Å². The first-order valence-electron chi connectivity index (χ1n) is 4.80. The summed E-state index contributed by atoms with van der Waals surface area (Å²) in [4.78, 5) is 10.5. The molecule has 16 heavy (non-hydrogen) atoms. The Morgan fingerprint density at radius 1 is 1.56 bits per heavy atom. The van der Waals surface area contributed by atoms with Crippen molar-refractivity contribution < 1.29 is 19.7 Å². The van der Waals surface area contributed by atoms with Crippen LogP contribution in [0.1, 0.15) is 23.6 Å². The lowest BCUT2D eigenvalue weighted by molar-refractivity contribution is -0.137. The SMILES string of the molecule is COc1cc(O)c(C(N)CC(=O)O)cc1C. The number of hydrogen-bond donors (Lipinski definition) is 3. The van der Waals surface area contributed by atoms with Gasteiger partial charge in [0.05, 0.1) is 13.5 Å². The van der Waals surface area contributed by atoms with Crippen molar-refractivity contribution in [2.75, 3.05) is 7.11 Å². The van der Waals surface area contributed by atoms with Crippen LogP contribution in [0.4, 0.5) is 0 Å². The summed E-state index contributed by atoms with van der Waals surface area (Å²) in [5.41, 5.74) is 6.89. The van der Waals surface area contributed by atoms with Crippen molar-refractivity contribution in [3.05, 3.63) is 23.3 Å². The third kappa shape index (κ3) is 2.64. The minimum atomic E-state index is -1.000. The highest BCUT2D eigenvalue weighted by Gasteiger charge is 2.16. The molecule has 1 atom stereocenters. The third-order valence-corrected chi connectivity index (χ3v) is 2.34. The number of aryl methyl sites for hydroxylation is 1. The van der Waals surface area contributed by atoms with Gasteiger partial charge in [0, 0.05) is 17.7 Å². The van der Waals surface area contributed by atoms with Crippen molar-refractivity contribution in [1.82, 2.24) is 0 Å². The number of methoxy groups -OCH3 is 1. The van der Waals surface area contributed by atoms with Gasteiger partial charge in [-0.1, -0.05) is 0 Å². The third-order valence-electron chi connectivity index (χ3n) is 2.34. The van der Waals surface area contributed by atoms with E-state index in [1.807, 2.05) is 0 Å². The number of aliphatic carboxylic acids is 1. The molecule has 0 bridgehead atoms. The average molecular weight is 225 g/mol. The van der Waals surface area contributed by atoms with Crippen LogP contribution in [-0.4, -0.2) is 23.3 Å². The lowest BCUT2D eigenvalue weighted by Crippen LogP contribution is -2.15. The number of aromatic hydroxyl groups is 1. The smallest absolute Gasteiger partial charge is 0.305 e. The molecule has 4 N–H and O–H groups in total. The van der Waals surface area contributed by atoms with E-state index in [0.29, 0.717) is 11.3 Å². The van der Waals surface area contributed by atoms with Crippen molar-refractivity contribution in [3.63, 3.8) is 0 Å². The van der Waals surface area contributed by atoms with Crippen LogP contribution in [0.15, 0.2) is 12.1 Å². The van der Waals surface area contributed by atoms with E-state index in [2.05, 4.69) is 0 Å². The van der Waals surface area contributed by atoms with E-state index in [1.54, 1.807) is 13.0 Å². The Hall–Kier alpha value is -1.75. The van der Waals surface area contributed by atoms with Crippen LogP contribution in [0.2, 0.25) is 0 Å². The Morgan fingerprint density at radius 2 is 2.19 bits per heavy atom. The molecule has 0 amide bonds. The first-order chi connectivity index (χ1) is 7.45. The number of hydrogen-bond acceptors (Lipinski definition) is 4. The van der Waals surface area contributed by atoms with E-state index >= 15 is 0 Å². The molecule has 0 radical (unpaired) electrons. The molecule has 0 aromatic heterocycles. The summed E-state index contributed by atoms with van der Waals surface area (Å²) in [6.07, 6.45) is -0.223. The Labute approximate surface area is 93.5 Å². The normalized spacial score (nSPS) is 12.2. The monoisotopic (exact) mass is 225 g/mol. The molecule has 1 unspecified atom stereocenters. The van der Waals surface area contributed by atoms with Crippen LogP contribution in [0.3, 0.4) is 0 Å². The average Bonchev–Trinajstić information content (AvgIpc) is 2.19. The van der Waals surface area contributed by atoms with E-state index in [-0.39, 0.29) is 12.2 Å². The van der Waals surface area contributed by atoms with Gasteiger partial charge in [0.25, 0.3) is 0 Å². The quantitative estimate of drug-likeness (QED) is 0.715. The molecule has 88 valence electrons. The molecule has 0 heterocycles. The molecular formula is C11H15NO4. The van der Waals surface area contributed by atoms with E-state index in [4.69, 9.17) is 15.6 Å². The van der Waals surface area contributed by atoms with Crippen LogP contribution in [-0.2, 0) is 4.79 Å². The Bertz CT molecular complexity index is 403. The van der Waals surface area contributed by atoms with Crippen LogP contribution in [0.5, 0.6) is 11.5 Å². The molecule has 0 aliphatic carbocycles. The molecule has 0 saturated carbocycles. The van der Waals surface area contributed by atoms with Gasteiger partial charge in [-0.3, -0.25) is 4.79 Å². The number of carboxylic acid groups (broad SMARTS) is 1. The van der Waals surface area contributed by atoms with Gasteiger partial charge in [0.2, 0.25) is 0 Å². The molecule has 5 heteroatoms. The maximum atomic E-state index is 10.5. The number of benzene rings is 1. The summed E-state index contributed by atoms with van der Waals surface area (Å²) >= 11 is 0. The number of rotatable bonds is 4. The van der Waals surface area contributed by atoms with Gasteiger partial charge in [-0.15, -0.1) is 0 Å². The molecule has 1 aromatic rings. The highest BCUT2D eigenvalue weighted by molar-refractivity contribution is 5.68. The lowest BCUT2D eigenvalue weighted by Gasteiger charge is -2.14. The van der Waals surface area contributed by atoms with Crippen molar-refractivity contribution >= 4 is 5.97 Å². The molecule has 1 aromatic carbocycles. The molecule has 0 spiro atoms. The standard InChI is InChI=1S/C11H15NO4/c1-6-3-7(8(12)4-11(14)15)9(13)5-10(6)16-2/h3,5,8,13H,4,12H2,1-2H3,(H,14,15). The van der Waals surface area contributed by atoms with Crippen LogP contribution >= 0.6 is 0 Å². The fourth-order valence-corrected chi connectivity index (χ4v) is 1.51. The minimum absolute atomic E-state index is 0.0452. The summed E-state index contributed by atoms with van der Waals surface area (Å²) in [5.74, 6) is -0.500. The van der Waals surface area contributed by atoms with Gasteiger partial charge >= 0.3 is 5.97 Å². The zero-order valence-electron chi connectivity index (χ0n) is 9.23. The van der Waals surface area contributed by atoms with Gasteiger partial charge in [-0.05, 0) is 18.6 Å². The number of carboxylic acids is 1. The molecular weight excluding hydrogens is 210 g/mol. The van der Waals surface area contributed by atoms with Gasteiger partial charge in [-0.2, -0.15) is 0 Å². The molecule has 0 saturated heterocycles. The van der Waals surface area contributed by atoms with E-state index in [9.17, 15) is 9.90 Å². The Balaban J connectivity index is 3.05. The van der Waals surface area contributed by atoms with Gasteiger partial charge < -0.3 is 20.7 Å². The molecule has 1 rings (SSSR count). The zero-order chi connectivity index (χ0) is 12.3. The second-order valence-electron chi connectivity index (χ2n) is 3.59. The van der Waals surface area contributed by atoms with Crippen molar-refractivity contribution in [2.24, 2.45) is 5.73 Å². The summed E-state index contributed by atoms with van der Waals surface area (Å²) < 4.78 is 5.02. The van der Waals surface area contributed by atoms with Crippen molar-refractivity contribution in [3.8, 4) is 11.5 Å². The maximum Gasteiger partial charge on any atom is 0.305 e. The van der Waals surface area contributed by atoms with Gasteiger partial charge in [0.1, 0.15) is 11.5 Å². The van der Waals surface area contributed by atoms with Gasteiger partial charge in [0.15, 0.2) is 0 Å². The molecule has 5 nitrogen and oxygen atoms in total. The number of phenols is 1. The first kappa shape index (κ1) is 12.3. The van der Waals surface area contributed by atoms with E-state index in [1.165, 1.54) is 13.2 Å². The number of phenolic OH excluding ortho intramolecular Hbond substituents is 1. The highest BCUT2D eigenvalue weighted by Crippen LogP contribution is 2.31. The van der Waals surface area contributed by atoms with Crippen LogP contribution < -0.4 is 10.5 Å². The second kappa shape index (κ2) is 4.85. The first-order valence-corrected chi connectivity index (χ1v) is 4.80. The summed E-state index contributed by atoms with van der Waals surface area (Å²) in [5, 5.41) is 18.3. The van der Waals surface area contributed by atoms with E-state index < -0.39 is 12.0 Å². The topological polar surface area (TPSA) is 92.8 Å². The number of nitrogens with two attached hydrogens (primary N) is 1. The zero-order valence-corrected chi connectivity index (χ0v) is 9.23. The maximum absolute atomic E-state index is 10.5. The number of carbonyl (C=O) groups is 1. The Morgan fingerprint density at radius 3 is 2.69 bits per heavy atom.